The Labute approximate surface area is 207 Å². The fraction of sp³-hybridized carbons (Fsp3) is 0.240. The molecule has 1 aliphatic rings. The summed E-state index contributed by atoms with van der Waals surface area (Å²) in [6.07, 6.45) is -7.66. The molecule has 1 amide bonds. The maximum atomic E-state index is 14.0. The molecular weight excluding hydrogens is 505 g/mol. The van der Waals surface area contributed by atoms with Crippen molar-refractivity contribution in [3.63, 3.8) is 0 Å². The molecule has 1 fully saturated rings. The SMILES string of the molecule is N#Cc1cc(C(=O)N2CCC(O)(c3ccc(Cl)cc3)C2)c(C(F)F)nc1-c1ccc(C(F)(F)F)cc1. The predicted molar refractivity (Wildman–Crippen MR) is 120 cm³/mol. The molecule has 1 atom stereocenters. The minimum absolute atomic E-state index is 0.0127. The van der Waals surface area contributed by atoms with Crippen LogP contribution in [0.1, 0.15) is 45.6 Å². The Bertz CT molecular complexity index is 1340. The number of hydrogen-bond donors (Lipinski definition) is 1. The van der Waals surface area contributed by atoms with Crippen molar-refractivity contribution in [3.05, 3.63) is 87.6 Å². The lowest BCUT2D eigenvalue weighted by atomic mass is 9.93. The Hall–Kier alpha value is -3.55. The maximum Gasteiger partial charge on any atom is 0.416 e. The van der Waals surface area contributed by atoms with E-state index in [2.05, 4.69) is 4.98 Å². The Morgan fingerprint density at radius 3 is 2.33 bits per heavy atom. The maximum absolute atomic E-state index is 14.0. The number of amides is 1. The number of nitriles is 1. The van der Waals surface area contributed by atoms with E-state index >= 15 is 0 Å². The summed E-state index contributed by atoms with van der Waals surface area (Å²) in [5.41, 5.74) is -3.80. The van der Waals surface area contributed by atoms with Crippen molar-refractivity contribution >= 4 is 17.5 Å². The van der Waals surface area contributed by atoms with Crippen LogP contribution < -0.4 is 0 Å². The van der Waals surface area contributed by atoms with E-state index in [1.165, 1.54) is 4.90 Å². The van der Waals surface area contributed by atoms with Crippen LogP contribution in [0.25, 0.3) is 11.3 Å². The number of aliphatic hydroxyl groups is 1. The quantitative estimate of drug-likeness (QED) is 0.430. The summed E-state index contributed by atoms with van der Waals surface area (Å²) < 4.78 is 66.5. The van der Waals surface area contributed by atoms with Gasteiger partial charge in [-0.3, -0.25) is 4.79 Å². The molecule has 186 valence electrons. The van der Waals surface area contributed by atoms with Gasteiger partial charge in [-0.25, -0.2) is 13.8 Å². The van der Waals surface area contributed by atoms with E-state index in [1.807, 2.05) is 0 Å². The number of halogens is 6. The molecule has 36 heavy (non-hydrogen) atoms. The van der Waals surface area contributed by atoms with Crippen molar-refractivity contribution in [2.24, 2.45) is 0 Å². The number of rotatable bonds is 4. The smallest absolute Gasteiger partial charge is 0.383 e. The molecule has 3 aromatic rings. The highest BCUT2D eigenvalue weighted by molar-refractivity contribution is 6.30. The highest BCUT2D eigenvalue weighted by atomic mass is 35.5. The second-order valence-electron chi connectivity index (χ2n) is 8.32. The molecule has 2 aromatic carbocycles. The number of β-amino-alcohol motifs (C(OH)–C–C–N with tert-alkyl or cyclic N) is 1. The standard InChI is InChI=1S/C25H17ClF5N3O2/c26-18-7-5-16(6-8-18)24(36)9-10-34(13-24)23(35)19-11-15(12-32)20(33-21(19)22(27)28)14-1-3-17(4-2-14)25(29,30)31/h1-8,11,22,36H,9-10,13H2. The van der Waals surface area contributed by atoms with Crippen LogP contribution in [0.5, 0.6) is 0 Å². The monoisotopic (exact) mass is 521 g/mol. The van der Waals surface area contributed by atoms with Crippen LogP contribution in [0.3, 0.4) is 0 Å². The lowest BCUT2D eigenvalue weighted by Crippen LogP contribution is -2.35. The summed E-state index contributed by atoms with van der Waals surface area (Å²) in [6.45, 7) is -0.123. The van der Waals surface area contributed by atoms with Gasteiger partial charge in [0, 0.05) is 17.1 Å². The second kappa shape index (κ2) is 9.48. The highest BCUT2D eigenvalue weighted by Crippen LogP contribution is 2.36. The second-order valence-corrected chi connectivity index (χ2v) is 8.76. The summed E-state index contributed by atoms with van der Waals surface area (Å²) >= 11 is 5.88. The molecule has 5 nitrogen and oxygen atoms in total. The molecule has 0 aliphatic carbocycles. The largest absolute Gasteiger partial charge is 0.416 e. The topological polar surface area (TPSA) is 77.2 Å². The molecule has 0 bridgehead atoms. The molecule has 1 N–H and O–H groups in total. The van der Waals surface area contributed by atoms with Gasteiger partial charge in [0.2, 0.25) is 0 Å². The van der Waals surface area contributed by atoms with Crippen molar-refractivity contribution in [1.82, 2.24) is 9.88 Å². The lowest BCUT2D eigenvalue weighted by Gasteiger charge is -2.24. The average Bonchev–Trinajstić information content (AvgIpc) is 3.25. The van der Waals surface area contributed by atoms with E-state index in [0.717, 1.165) is 30.3 Å². The van der Waals surface area contributed by atoms with E-state index < -0.39 is 40.9 Å². The van der Waals surface area contributed by atoms with Gasteiger partial charge in [-0.15, -0.1) is 0 Å². The number of alkyl halides is 5. The van der Waals surface area contributed by atoms with Crippen molar-refractivity contribution in [1.29, 1.82) is 5.26 Å². The summed E-state index contributed by atoms with van der Waals surface area (Å²) in [5, 5.41) is 21.1. The van der Waals surface area contributed by atoms with Crippen LogP contribution in [0.2, 0.25) is 5.02 Å². The highest BCUT2D eigenvalue weighted by Gasteiger charge is 2.41. The van der Waals surface area contributed by atoms with Crippen LogP contribution >= 0.6 is 11.6 Å². The first kappa shape index (κ1) is 25.5. The molecule has 11 heteroatoms. The molecule has 2 heterocycles. The van der Waals surface area contributed by atoms with Gasteiger partial charge in [-0.1, -0.05) is 35.9 Å². The molecule has 1 saturated heterocycles. The van der Waals surface area contributed by atoms with Crippen LogP contribution in [0.15, 0.2) is 54.6 Å². The van der Waals surface area contributed by atoms with Gasteiger partial charge in [0.25, 0.3) is 12.3 Å². The van der Waals surface area contributed by atoms with Gasteiger partial charge in [0.15, 0.2) is 0 Å². The first-order chi connectivity index (χ1) is 16.9. The van der Waals surface area contributed by atoms with Gasteiger partial charge in [0.05, 0.1) is 28.9 Å². The first-order valence-corrected chi connectivity index (χ1v) is 11.0. The van der Waals surface area contributed by atoms with Crippen molar-refractivity contribution in [2.75, 3.05) is 13.1 Å². The number of hydrogen-bond acceptors (Lipinski definition) is 4. The van der Waals surface area contributed by atoms with E-state index in [9.17, 15) is 37.1 Å². The van der Waals surface area contributed by atoms with E-state index in [-0.39, 0.29) is 36.3 Å². The molecular formula is C25H17ClF5N3O2. The van der Waals surface area contributed by atoms with Gasteiger partial charge >= 0.3 is 6.18 Å². The molecule has 4 rings (SSSR count). The van der Waals surface area contributed by atoms with E-state index in [0.29, 0.717) is 10.6 Å². The van der Waals surface area contributed by atoms with Crippen LogP contribution in [0.4, 0.5) is 22.0 Å². The number of carbonyl (C=O) groups is 1. The van der Waals surface area contributed by atoms with Crippen LogP contribution in [-0.4, -0.2) is 34.0 Å². The third kappa shape index (κ3) is 4.90. The van der Waals surface area contributed by atoms with Crippen molar-refractivity contribution in [3.8, 4) is 17.3 Å². The zero-order chi connectivity index (χ0) is 26.3. The van der Waals surface area contributed by atoms with Crippen LogP contribution in [0, 0.1) is 11.3 Å². The van der Waals surface area contributed by atoms with E-state index in [1.54, 1.807) is 30.3 Å². The predicted octanol–water partition coefficient (Wildman–Crippen LogP) is 5.96. The van der Waals surface area contributed by atoms with Gasteiger partial charge in [-0.05, 0) is 42.3 Å². The average molecular weight is 522 g/mol. The molecule has 1 aliphatic heterocycles. The number of pyridine rings is 1. The van der Waals surface area contributed by atoms with Crippen molar-refractivity contribution in [2.45, 2.75) is 24.6 Å². The number of nitrogens with zero attached hydrogens (tertiary/aromatic N) is 3. The number of carbonyl (C=O) groups excluding carboxylic acids is 1. The molecule has 0 radical (unpaired) electrons. The van der Waals surface area contributed by atoms with Crippen LogP contribution in [-0.2, 0) is 11.8 Å². The molecule has 0 saturated carbocycles. The zero-order valence-electron chi connectivity index (χ0n) is 18.4. The lowest BCUT2D eigenvalue weighted by molar-refractivity contribution is -0.137. The third-order valence-electron chi connectivity index (χ3n) is 6.01. The molecule has 0 spiro atoms. The Balaban J connectivity index is 1.69. The molecule has 1 unspecified atom stereocenters. The van der Waals surface area contributed by atoms with Gasteiger partial charge < -0.3 is 10.0 Å². The Kier molecular flexibility index (Phi) is 6.73. The fourth-order valence-electron chi connectivity index (χ4n) is 4.12. The summed E-state index contributed by atoms with van der Waals surface area (Å²) in [4.78, 5) is 18.2. The first-order valence-electron chi connectivity index (χ1n) is 10.6. The van der Waals surface area contributed by atoms with Gasteiger partial charge in [-0.2, -0.15) is 18.4 Å². The molecule has 1 aromatic heterocycles. The zero-order valence-corrected chi connectivity index (χ0v) is 19.1. The summed E-state index contributed by atoms with van der Waals surface area (Å²) in [7, 11) is 0. The number of aromatic nitrogens is 1. The number of likely N-dealkylation sites (tertiary alicyclic amines) is 1. The third-order valence-corrected chi connectivity index (χ3v) is 6.26. The Morgan fingerprint density at radius 2 is 1.78 bits per heavy atom. The number of benzene rings is 2. The Morgan fingerprint density at radius 1 is 1.14 bits per heavy atom. The summed E-state index contributed by atoms with van der Waals surface area (Å²) in [5.74, 6) is -0.849. The fourth-order valence-corrected chi connectivity index (χ4v) is 4.25. The van der Waals surface area contributed by atoms with Gasteiger partial charge in [0.1, 0.15) is 17.4 Å². The minimum Gasteiger partial charge on any atom is -0.383 e. The minimum atomic E-state index is -4.60. The van der Waals surface area contributed by atoms with Crippen molar-refractivity contribution < 1.29 is 31.9 Å². The summed E-state index contributed by atoms with van der Waals surface area (Å²) in [6, 6.07) is 12.7. The van der Waals surface area contributed by atoms with E-state index in [4.69, 9.17) is 11.6 Å². The normalized spacial score (nSPS) is 17.9.